The number of carboxylic acids is 1. The summed E-state index contributed by atoms with van der Waals surface area (Å²) in [5.74, 6) is 0.123. The highest BCUT2D eigenvalue weighted by atomic mass is 16.4. The second-order valence-corrected chi connectivity index (χ2v) is 14.0. The molecule has 0 aromatic heterocycles. The summed E-state index contributed by atoms with van der Waals surface area (Å²) in [6.07, 6.45) is 9.41. The van der Waals surface area contributed by atoms with Crippen molar-refractivity contribution in [1.82, 2.24) is 0 Å². The quantitative estimate of drug-likeness (QED) is 0.437. The van der Waals surface area contributed by atoms with E-state index in [4.69, 9.17) is 0 Å². The second kappa shape index (κ2) is 7.43. The zero-order valence-electron chi connectivity index (χ0n) is 21.6. The molecule has 2 unspecified atom stereocenters. The number of fused-ring (bicyclic) bond motifs is 7. The Labute approximate surface area is 204 Å². The molecule has 5 rings (SSSR count). The van der Waals surface area contributed by atoms with Gasteiger partial charge < -0.3 is 20.4 Å². The maximum Gasteiger partial charge on any atom is 0.310 e. The maximum absolute atomic E-state index is 12.7. The van der Waals surface area contributed by atoms with Crippen LogP contribution in [0.4, 0.5) is 0 Å². The first-order chi connectivity index (χ1) is 15.8. The fourth-order valence-electron chi connectivity index (χ4n) is 9.72. The molecule has 0 spiro atoms. The second-order valence-electron chi connectivity index (χ2n) is 14.0. The molecule has 0 aliphatic heterocycles. The predicted molar refractivity (Wildman–Crippen MR) is 131 cm³/mol. The monoisotopic (exact) mass is 472 g/mol. The molecule has 0 heterocycles. The largest absolute Gasteiger partial charge is 0.481 e. The minimum atomic E-state index is -0.966. The van der Waals surface area contributed by atoms with Gasteiger partial charge in [-0.3, -0.25) is 4.79 Å². The molecule has 3 saturated carbocycles. The number of hydrogen-bond donors (Lipinski definition) is 4. The van der Waals surface area contributed by atoms with E-state index in [2.05, 4.69) is 39.8 Å². The molecule has 0 aromatic carbocycles. The van der Waals surface area contributed by atoms with Crippen molar-refractivity contribution in [2.45, 2.75) is 98.2 Å². The van der Waals surface area contributed by atoms with Crippen LogP contribution in [0.25, 0.3) is 0 Å². The van der Waals surface area contributed by atoms with Gasteiger partial charge in [-0.2, -0.15) is 0 Å². The van der Waals surface area contributed by atoms with Gasteiger partial charge in [0.15, 0.2) is 0 Å². The maximum atomic E-state index is 12.7. The van der Waals surface area contributed by atoms with Crippen LogP contribution in [0.1, 0.15) is 86.0 Å². The van der Waals surface area contributed by atoms with Crippen molar-refractivity contribution in [3.8, 4) is 0 Å². The normalized spacial score (nSPS) is 51.7. The smallest absolute Gasteiger partial charge is 0.310 e. The van der Waals surface area contributed by atoms with Crippen molar-refractivity contribution < 1.29 is 25.2 Å². The minimum absolute atomic E-state index is 0.0209. The molecule has 5 aliphatic rings. The number of aliphatic hydroxyl groups excluding tert-OH is 3. The van der Waals surface area contributed by atoms with Gasteiger partial charge in [0.1, 0.15) is 0 Å². The van der Waals surface area contributed by atoms with Crippen molar-refractivity contribution in [3.63, 3.8) is 0 Å². The number of allylic oxidation sites excluding steroid dienone is 3. The molecule has 5 aliphatic carbocycles. The molecule has 3 fully saturated rings. The number of carbonyl (C=O) groups is 1. The third-order valence-corrected chi connectivity index (χ3v) is 11.7. The lowest BCUT2D eigenvalue weighted by Gasteiger charge is -2.65. The standard InChI is InChI=1S/C29H44O5/c1-25(2)12-13-29(24(33)34)11-8-18-17(19(29)14-25)6-7-21-26(18,3)10-9-22-27(21,4)15-20(31)23(32)28(22,5)16-30/h6,9,18-21,23,30-32H,7-8,10-16H2,1-5H3,(H,33,34)/t18?,19-,20-,21?,23-,26-,27+,28-,29+/m0/s1. The molecule has 34 heavy (non-hydrogen) atoms. The first-order valence-electron chi connectivity index (χ1n) is 13.4. The number of carboxylic acid groups (broad SMARTS) is 1. The molecule has 0 saturated heterocycles. The lowest BCUT2D eigenvalue weighted by molar-refractivity contribution is -0.163. The van der Waals surface area contributed by atoms with Crippen LogP contribution < -0.4 is 0 Å². The average Bonchev–Trinajstić information content (AvgIpc) is 2.76. The van der Waals surface area contributed by atoms with Gasteiger partial charge in [0, 0.05) is 5.41 Å². The van der Waals surface area contributed by atoms with Gasteiger partial charge in [0.2, 0.25) is 0 Å². The topological polar surface area (TPSA) is 98.0 Å². The van der Waals surface area contributed by atoms with E-state index < -0.39 is 29.0 Å². The lowest BCUT2D eigenvalue weighted by atomic mass is 9.39. The third kappa shape index (κ3) is 2.99. The van der Waals surface area contributed by atoms with Gasteiger partial charge in [0.25, 0.3) is 0 Å². The van der Waals surface area contributed by atoms with Crippen LogP contribution in [0.5, 0.6) is 0 Å². The van der Waals surface area contributed by atoms with Crippen molar-refractivity contribution >= 4 is 5.97 Å². The Kier molecular flexibility index (Phi) is 5.36. The number of hydrogen-bond acceptors (Lipinski definition) is 4. The zero-order valence-corrected chi connectivity index (χ0v) is 21.6. The highest BCUT2D eigenvalue weighted by molar-refractivity contribution is 5.76. The van der Waals surface area contributed by atoms with Crippen molar-refractivity contribution in [2.75, 3.05) is 6.61 Å². The molecule has 0 radical (unpaired) electrons. The Morgan fingerprint density at radius 1 is 1.00 bits per heavy atom. The van der Waals surface area contributed by atoms with E-state index in [0.717, 1.165) is 50.5 Å². The number of aliphatic hydroxyl groups is 3. The Morgan fingerprint density at radius 2 is 1.71 bits per heavy atom. The van der Waals surface area contributed by atoms with Gasteiger partial charge in [0.05, 0.1) is 24.2 Å². The van der Waals surface area contributed by atoms with Crippen molar-refractivity contribution in [1.29, 1.82) is 0 Å². The minimum Gasteiger partial charge on any atom is -0.481 e. The molecular weight excluding hydrogens is 428 g/mol. The van der Waals surface area contributed by atoms with E-state index in [9.17, 15) is 25.2 Å². The number of rotatable bonds is 2. The summed E-state index contributed by atoms with van der Waals surface area (Å²) < 4.78 is 0. The molecule has 0 amide bonds. The third-order valence-electron chi connectivity index (χ3n) is 11.7. The molecule has 190 valence electrons. The zero-order chi connectivity index (χ0) is 24.9. The Morgan fingerprint density at radius 3 is 2.35 bits per heavy atom. The Hall–Kier alpha value is -1.17. The SMILES string of the molecule is CC1(C)CC[C@]2(C(=O)O)CCC3C(=CCC4[C@@]3(C)CC=C3[C@]4(C)C[C@H](O)[C@H](O)[C@@]3(C)CO)[C@@H]2C1. The summed E-state index contributed by atoms with van der Waals surface area (Å²) in [6, 6.07) is 0. The summed E-state index contributed by atoms with van der Waals surface area (Å²) in [5, 5.41) is 42.5. The van der Waals surface area contributed by atoms with Gasteiger partial charge in [-0.15, -0.1) is 0 Å². The van der Waals surface area contributed by atoms with E-state index in [-0.39, 0.29) is 34.7 Å². The molecule has 0 aromatic rings. The van der Waals surface area contributed by atoms with Gasteiger partial charge in [-0.25, -0.2) is 0 Å². The van der Waals surface area contributed by atoms with Crippen LogP contribution in [-0.4, -0.2) is 45.2 Å². The van der Waals surface area contributed by atoms with Crippen LogP contribution >= 0.6 is 0 Å². The van der Waals surface area contributed by atoms with Crippen LogP contribution in [-0.2, 0) is 4.79 Å². The van der Waals surface area contributed by atoms with E-state index in [1.165, 1.54) is 5.57 Å². The van der Waals surface area contributed by atoms with Crippen molar-refractivity contribution in [3.05, 3.63) is 23.3 Å². The summed E-state index contributed by atoms with van der Waals surface area (Å²) in [4.78, 5) is 12.7. The van der Waals surface area contributed by atoms with Crippen LogP contribution in [0.15, 0.2) is 23.3 Å². The fourth-order valence-corrected chi connectivity index (χ4v) is 9.72. The molecule has 4 N–H and O–H groups in total. The molecule has 0 bridgehead atoms. The summed E-state index contributed by atoms with van der Waals surface area (Å²) in [5.41, 5.74) is 0.862. The first-order valence-corrected chi connectivity index (χ1v) is 13.4. The Bertz CT molecular complexity index is 950. The van der Waals surface area contributed by atoms with E-state index in [1.807, 2.05) is 6.92 Å². The van der Waals surface area contributed by atoms with E-state index in [1.54, 1.807) is 0 Å². The predicted octanol–water partition coefficient (Wildman–Crippen LogP) is 4.71. The lowest BCUT2D eigenvalue weighted by Crippen LogP contribution is -2.62. The highest BCUT2D eigenvalue weighted by Gasteiger charge is 2.65. The average molecular weight is 473 g/mol. The fraction of sp³-hybridized carbons (Fsp3) is 0.828. The molecule has 9 atom stereocenters. The summed E-state index contributed by atoms with van der Waals surface area (Å²) in [6.45, 7) is 10.9. The van der Waals surface area contributed by atoms with Crippen LogP contribution in [0.2, 0.25) is 0 Å². The summed E-state index contributed by atoms with van der Waals surface area (Å²) >= 11 is 0. The highest BCUT2D eigenvalue weighted by Crippen LogP contribution is 2.70. The molecule has 5 heteroatoms. The van der Waals surface area contributed by atoms with Gasteiger partial charge >= 0.3 is 5.97 Å². The van der Waals surface area contributed by atoms with Crippen LogP contribution in [0.3, 0.4) is 0 Å². The van der Waals surface area contributed by atoms with E-state index >= 15 is 0 Å². The first kappa shape index (κ1) is 24.5. The summed E-state index contributed by atoms with van der Waals surface area (Å²) in [7, 11) is 0. The van der Waals surface area contributed by atoms with E-state index in [0.29, 0.717) is 12.3 Å². The molecule has 5 nitrogen and oxygen atoms in total. The van der Waals surface area contributed by atoms with Gasteiger partial charge in [-0.05, 0) is 85.4 Å². The van der Waals surface area contributed by atoms with Crippen LogP contribution in [0, 0.1) is 44.8 Å². The number of aliphatic carboxylic acids is 1. The van der Waals surface area contributed by atoms with Crippen molar-refractivity contribution in [2.24, 2.45) is 44.8 Å². The molecular formula is C29H44O5. The Balaban J connectivity index is 1.58. The van der Waals surface area contributed by atoms with Gasteiger partial charge in [-0.1, -0.05) is 57.9 Å².